The lowest BCUT2D eigenvalue weighted by molar-refractivity contribution is 0.154. The Labute approximate surface area is 208 Å². The van der Waals surface area contributed by atoms with Crippen molar-refractivity contribution in [2.75, 3.05) is 50.4 Å². The van der Waals surface area contributed by atoms with Crippen LogP contribution in [-0.2, 0) is 9.84 Å². The molecule has 4 rings (SSSR count). The van der Waals surface area contributed by atoms with Crippen LogP contribution in [0.4, 0.5) is 20.0 Å². The summed E-state index contributed by atoms with van der Waals surface area (Å²) in [4.78, 5) is 23.1. The molecule has 0 spiro atoms. The first-order valence-corrected chi connectivity index (χ1v) is 13.8. The maximum atomic E-state index is 13.4. The molecule has 186 valence electrons. The van der Waals surface area contributed by atoms with E-state index in [2.05, 4.69) is 21.8 Å². The summed E-state index contributed by atoms with van der Waals surface area (Å²) in [6, 6.07) is 11.3. The molecule has 0 radical (unpaired) electrons. The number of aromatic nitrogens is 1. The number of halogens is 1. The average Bonchev–Trinajstić information content (AvgIpc) is 3.36. The Hall–Kier alpha value is -2.86. The number of hydrogen-bond acceptors (Lipinski definition) is 8. The molecule has 1 fully saturated rings. The van der Waals surface area contributed by atoms with Gasteiger partial charge in [0.1, 0.15) is 11.6 Å². The average molecular weight is 519 g/mol. The van der Waals surface area contributed by atoms with Crippen molar-refractivity contribution in [3.05, 3.63) is 65.9 Å². The van der Waals surface area contributed by atoms with Gasteiger partial charge >= 0.3 is 6.09 Å². The summed E-state index contributed by atoms with van der Waals surface area (Å²) < 4.78 is 45.4. The minimum absolute atomic E-state index is 0.0321. The molecule has 0 atom stereocenters. The van der Waals surface area contributed by atoms with Crippen LogP contribution in [0.15, 0.2) is 65.0 Å². The SMILES string of the molecule is CN1CCN(CCCS(=O)(=O)c2ccccc2N(C(=O)Oc2ccc(F)cc2)c2nccs2)CC1. The summed E-state index contributed by atoms with van der Waals surface area (Å²) >= 11 is 1.17. The highest BCUT2D eigenvalue weighted by Gasteiger charge is 2.29. The quantitative estimate of drug-likeness (QED) is 0.445. The molecule has 2 heterocycles. The Morgan fingerprint density at radius 1 is 1.11 bits per heavy atom. The standard InChI is InChI=1S/C24H27FN4O4S2/c1-27-13-15-28(16-14-27)12-4-18-35(31,32)22-6-3-2-5-21(22)29(23-26-11-17-34-23)24(30)33-20-9-7-19(25)8-10-20/h2-3,5-11,17H,4,12-16,18H2,1H3. The van der Waals surface area contributed by atoms with Crippen LogP contribution in [0.25, 0.3) is 0 Å². The van der Waals surface area contributed by atoms with Gasteiger partial charge in [-0.3, -0.25) is 0 Å². The summed E-state index contributed by atoms with van der Waals surface area (Å²) in [5, 5.41) is 1.94. The number of nitrogens with zero attached hydrogens (tertiary/aromatic N) is 4. The van der Waals surface area contributed by atoms with Gasteiger partial charge < -0.3 is 14.5 Å². The van der Waals surface area contributed by atoms with Gasteiger partial charge in [0.2, 0.25) is 0 Å². The predicted octanol–water partition coefficient (Wildman–Crippen LogP) is 4.03. The minimum Gasteiger partial charge on any atom is -0.410 e. The van der Waals surface area contributed by atoms with Crippen molar-refractivity contribution in [1.29, 1.82) is 0 Å². The number of anilines is 2. The third-order valence-corrected chi connectivity index (χ3v) is 8.33. The van der Waals surface area contributed by atoms with Crippen LogP contribution in [0.1, 0.15) is 6.42 Å². The molecule has 1 aromatic heterocycles. The first-order chi connectivity index (χ1) is 16.8. The van der Waals surface area contributed by atoms with E-state index in [9.17, 15) is 17.6 Å². The van der Waals surface area contributed by atoms with Crippen LogP contribution >= 0.6 is 11.3 Å². The number of hydrogen-bond donors (Lipinski definition) is 0. The van der Waals surface area contributed by atoms with E-state index in [0.29, 0.717) is 13.0 Å². The number of para-hydroxylation sites is 1. The van der Waals surface area contributed by atoms with Crippen LogP contribution in [0.2, 0.25) is 0 Å². The fourth-order valence-corrected chi connectivity index (χ4v) is 5.96. The third-order valence-electron chi connectivity index (χ3n) is 5.74. The molecule has 0 unspecified atom stereocenters. The Morgan fingerprint density at radius 2 is 1.83 bits per heavy atom. The molecule has 3 aromatic rings. The van der Waals surface area contributed by atoms with Gasteiger partial charge in [-0.2, -0.15) is 0 Å². The van der Waals surface area contributed by atoms with Gasteiger partial charge in [0.25, 0.3) is 0 Å². The smallest absolute Gasteiger partial charge is 0.410 e. The number of benzene rings is 2. The van der Waals surface area contributed by atoms with Gasteiger partial charge in [-0.1, -0.05) is 12.1 Å². The van der Waals surface area contributed by atoms with Gasteiger partial charge in [-0.05, 0) is 56.4 Å². The number of sulfone groups is 1. The molecular formula is C24H27FN4O4S2. The molecule has 0 bridgehead atoms. The molecule has 0 aliphatic carbocycles. The first kappa shape index (κ1) is 25.2. The predicted molar refractivity (Wildman–Crippen MR) is 134 cm³/mol. The van der Waals surface area contributed by atoms with Crippen molar-refractivity contribution >= 4 is 38.1 Å². The van der Waals surface area contributed by atoms with E-state index >= 15 is 0 Å². The highest BCUT2D eigenvalue weighted by atomic mass is 32.2. The van der Waals surface area contributed by atoms with Crippen molar-refractivity contribution in [3.8, 4) is 5.75 Å². The zero-order valence-electron chi connectivity index (χ0n) is 19.3. The second kappa shape index (κ2) is 11.3. The zero-order valence-corrected chi connectivity index (χ0v) is 21.0. The molecule has 2 aromatic carbocycles. The second-order valence-electron chi connectivity index (χ2n) is 8.26. The number of thiazole rings is 1. The molecule has 1 aliphatic rings. The Balaban J connectivity index is 1.56. The topological polar surface area (TPSA) is 83.1 Å². The molecule has 11 heteroatoms. The van der Waals surface area contributed by atoms with Gasteiger partial charge in [-0.15, -0.1) is 11.3 Å². The first-order valence-electron chi connectivity index (χ1n) is 11.2. The van der Waals surface area contributed by atoms with Crippen molar-refractivity contribution < 1.29 is 22.3 Å². The number of likely N-dealkylation sites (N-methyl/N-ethyl adjacent to an activating group) is 1. The minimum atomic E-state index is -3.71. The van der Waals surface area contributed by atoms with Gasteiger partial charge in [0, 0.05) is 37.8 Å². The zero-order chi connectivity index (χ0) is 24.8. The Bertz CT molecular complexity index is 1230. The maximum absolute atomic E-state index is 13.4. The van der Waals surface area contributed by atoms with E-state index in [1.165, 1.54) is 47.9 Å². The van der Waals surface area contributed by atoms with E-state index in [0.717, 1.165) is 31.1 Å². The monoisotopic (exact) mass is 518 g/mol. The number of rotatable bonds is 8. The van der Waals surface area contributed by atoms with Crippen LogP contribution < -0.4 is 9.64 Å². The highest BCUT2D eigenvalue weighted by Crippen LogP contribution is 2.34. The van der Waals surface area contributed by atoms with Gasteiger partial charge in [-0.25, -0.2) is 27.5 Å². The lowest BCUT2D eigenvalue weighted by Crippen LogP contribution is -2.44. The van der Waals surface area contributed by atoms with Crippen LogP contribution in [0.5, 0.6) is 5.75 Å². The second-order valence-corrected chi connectivity index (χ2v) is 11.2. The third kappa shape index (κ3) is 6.43. The van der Waals surface area contributed by atoms with Crippen molar-refractivity contribution in [2.45, 2.75) is 11.3 Å². The summed E-state index contributed by atoms with van der Waals surface area (Å²) in [6.45, 7) is 4.46. The Kier molecular flexibility index (Phi) is 8.11. The summed E-state index contributed by atoms with van der Waals surface area (Å²) in [7, 11) is -1.63. The summed E-state index contributed by atoms with van der Waals surface area (Å²) in [5.74, 6) is -0.380. The molecule has 1 amide bonds. The maximum Gasteiger partial charge on any atom is 0.426 e. The summed E-state index contributed by atoms with van der Waals surface area (Å²) in [6.07, 6.45) is 1.16. The van der Waals surface area contributed by atoms with E-state index < -0.39 is 21.7 Å². The van der Waals surface area contributed by atoms with Gasteiger partial charge in [0.15, 0.2) is 15.0 Å². The number of piperazine rings is 1. The van der Waals surface area contributed by atoms with Crippen molar-refractivity contribution in [3.63, 3.8) is 0 Å². The van der Waals surface area contributed by atoms with Crippen molar-refractivity contribution in [2.24, 2.45) is 0 Å². The molecule has 1 aliphatic heterocycles. The molecule has 35 heavy (non-hydrogen) atoms. The summed E-state index contributed by atoms with van der Waals surface area (Å²) in [5.41, 5.74) is 0.161. The van der Waals surface area contributed by atoms with Crippen LogP contribution in [-0.4, -0.2) is 74.8 Å². The number of carbonyl (C=O) groups excluding carboxylic acids is 1. The molecule has 1 saturated heterocycles. The lowest BCUT2D eigenvalue weighted by atomic mass is 10.3. The molecule has 0 saturated carbocycles. The van der Waals surface area contributed by atoms with E-state index in [-0.39, 0.29) is 27.2 Å². The largest absolute Gasteiger partial charge is 0.426 e. The van der Waals surface area contributed by atoms with Crippen LogP contribution in [0, 0.1) is 5.82 Å². The van der Waals surface area contributed by atoms with E-state index in [4.69, 9.17) is 4.74 Å². The van der Waals surface area contributed by atoms with E-state index in [1.54, 1.807) is 23.6 Å². The molecule has 8 nitrogen and oxygen atoms in total. The fraction of sp³-hybridized carbons (Fsp3) is 0.333. The van der Waals surface area contributed by atoms with Gasteiger partial charge in [0.05, 0.1) is 16.3 Å². The molecular weight excluding hydrogens is 491 g/mol. The Morgan fingerprint density at radius 3 is 2.51 bits per heavy atom. The normalized spacial score (nSPS) is 15.1. The fourth-order valence-electron chi connectivity index (χ4n) is 3.82. The van der Waals surface area contributed by atoms with E-state index in [1.807, 2.05) is 0 Å². The number of amides is 1. The highest BCUT2D eigenvalue weighted by molar-refractivity contribution is 7.91. The lowest BCUT2D eigenvalue weighted by Gasteiger charge is -2.32. The van der Waals surface area contributed by atoms with Crippen LogP contribution in [0.3, 0.4) is 0 Å². The molecule has 0 N–H and O–H groups in total. The van der Waals surface area contributed by atoms with Crippen molar-refractivity contribution in [1.82, 2.24) is 14.8 Å². The number of ether oxygens (including phenoxy) is 1. The number of carbonyl (C=O) groups is 1.